The molecule has 0 radical (unpaired) electrons. The largest absolute Gasteiger partial charge is 0.477 e. The van der Waals surface area contributed by atoms with Crippen molar-refractivity contribution >= 4 is 39.4 Å². The lowest BCUT2D eigenvalue weighted by molar-refractivity contribution is 0.158. The quantitative estimate of drug-likeness (QED) is 0.447. The van der Waals surface area contributed by atoms with Gasteiger partial charge in [-0.25, -0.2) is 19.9 Å². The molecule has 166 valence electrons. The summed E-state index contributed by atoms with van der Waals surface area (Å²) in [6.07, 6.45) is 5.38. The predicted molar refractivity (Wildman–Crippen MR) is 126 cm³/mol. The maximum Gasteiger partial charge on any atom is 0.223 e. The normalized spacial score (nSPS) is 16.5. The minimum Gasteiger partial charge on any atom is -0.477 e. The van der Waals surface area contributed by atoms with Crippen molar-refractivity contribution in [2.24, 2.45) is 5.92 Å². The molecular weight excluding hydrogens is 426 g/mol. The van der Waals surface area contributed by atoms with Gasteiger partial charge < -0.3 is 19.9 Å². The standard InChI is InChI=1S/C23H26ClN7O/c1-14(29-22-20-21(26-12-25-20)27-13-28-22)18-10-16-4-3-5-17(24)19(16)23(30-18)32-11-15-6-8-31(2)9-7-15/h3-5,10,12-15H,6-9,11H2,1-2H3,(H2,25,26,27,28,29). The molecule has 1 aliphatic rings. The van der Waals surface area contributed by atoms with Crippen molar-refractivity contribution in [3.63, 3.8) is 0 Å². The van der Waals surface area contributed by atoms with Crippen LogP contribution in [0.15, 0.2) is 36.9 Å². The molecule has 0 saturated carbocycles. The summed E-state index contributed by atoms with van der Waals surface area (Å²) in [5.74, 6) is 1.80. The zero-order chi connectivity index (χ0) is 22.1. The summed E-state index contributed by atoms with van der Waals surface area (Å²) in [6.45, 7) is 4.90. The Morgan fingerprint density at radius 2 is 2.09 bits per heavy atom. The Kier molecular flexibility index (Phi) is 5.80. The molecule has 1 fully saturated rings. The molecule has 0 bridgehead atoms. The molecule has 4 aromatic rings. The van der Waals surface area contributed by atoms with E-state index in [1.807, 2.05) is 31.2 Å². The maximum absolute atomic E-state index is 6.55. The molecule has 8 nitrogen and oxygen atoms in total. The van der Waals surface area contributed by atoms with Crippen molar-refractivity contribution in [2.45, 2.75) is 25.8 Å². The van der Waals surface area contributed by atoms with Gasteiger partial charge in [0.1, 0.15) is 11.8 Å². The topological polar surface area (TPSA) is 91.9 Å². The second kappa shape index (κ2) is 8.88. The third-order valence-corrected chi connectivity index (χ3v) is 6.42. The van der Waals surface area contributed by atoms with Crippen LogP contribution < -0.4 is 10.1 Å². The molecule has 1 aliphatic heterocycles. The first kappa shape index (κ1) is 20.9. The van der Waals surface area contributed by atoms with E-state index in [4.69, 9.17) is 21.3 Å². The number of ether oxygens (including phenoxy) is 1. The van der Waals surface area contributed by atoms with Gasteiger partial charge in [0.25, 0.3) is 0 Å². The minimum absolute atomic E-state index is 0.120. The van der Waals surface area contributed by atoms with Crippen molar-refractivity contribution in [3.8, 4) is 5.88 Å². The van der Waals surface area contributed by atoms with Crippen LogP contribution in [0.3, 0.4) is 0 Å². The average Bonchev–Trinajstić information content (AvgIpc) is 3.28. The average molecular weight is 452 g/mol. The van der Waals surface area contributed by atoms with Crippen LogP contribution in [-0.2, 0) is 0 Å². The van der Waals surface area contributed by atoms with Gasteiger partial charge >= 0.3 is 0 Å². The number of aromatic amines is 1. The van der Waals surface area contributed by atoms with E-state index in [1.165, 1.54) is 6.33 Å². The molecule has 0 amide bonds. The summed E-state index contributed by atoms with van der Waals surface area (Å²) in [7, 11) is 2.17. The summed E-state index contributed by atoms with van der Waals surface area (Å²) in [5.41, 5.74) is 2.24. The number of halogens is 1. The molecule has 1 saturated heterocycles. The van der Waals surface area contributed by atoms with E-state index in [-0.39, 0.29) is 6.04 Å². The third kappa shape index (κ3) is 4.20. The van der Waals surface area contributed by atoms with E-state index in [0.29, 0.717) is 34.9 Å². The number of nitrogens with one attached hydrogen (secondary N) is 2. The highest BCUT2D eigenvalue weighted by Crippen LogP contribution is 2.34. The van der Waals surface area contributed by atoms with Crippen molar-refractivity contribution < 1.29 is 4.74 Å². The second-order valence-electron chi connectivity index (χ2n) is 8.44. The van der Waals surface area contributed by atoms with Gasteiger partial charge in [0, 0.05) is 0 Å². The SMILES string of the molecule is CC(Nc1ncnc2nc[nH]c12)c1cc2cccc(Cl)c2c(OCC2CCN(C)CC2)n1. The first-order valence-corrected chi connectivity index (χ1v) is 11.3. The highest BCUT2D eigenvalue weighted by atomic mass is 35.5. The Labute approximate surface area is 191 Å². The van der Waals surface area contributed by atoms with Gasteiger partial charge in [-0.1, -0.05) is 23.7 Å². The van der Waals surface area contributed by atoms with E-state index < -0.39 is 0 Å². The lowest BCUT2D eigenvalue weighted by Crippen LogP contribution is -2.32. The van der Waals surface area contributed by atoms with Gasteiger partial charge in [-0.3, -0.25) is 0 Å². The van der Waals surface area contributed by atoms with E-state index in [0.717, 1.165) is 47.9 Å². The molecule has 0 aliphatic carbocycles. The molecule has 1 aromatic carbocycles. The number of aromatic nitrogens is 5. The molecule has 32 heavy (non-hydrogen) atoms. The Morgan fingerprint density at radius 3 is 2.94 bits per heavy atom. The third-order valence-electron chi connectivity index (χ3n) is 6.11. The van der Waals surface area contributed by atoms with Crippen LogP contribution >= 0.6 is 11.6 Å². The van der Waals surface area contributed by atoms with Crippen LogP contribution in [-0.4, -0.2) is 56.6 Å². The summed E-state index contributed by atoms with van der Waals surface area (Å²) >= 11 is 6.55. The van der Waals surface area contributed by atoms with Crippen LogP contribution in [0, 0.1) is 5.92 Å². The lowest BCUT2D eigenvalue weighted by atomic mass is 9.98. The van der Waals surface area contributed by atoms with Crippen molar-refractivity contribution in [1.29, 1.82) is 0 Å². The zero-order valence-corrected chi connectivity index (χ0v) is 18.9. The number of fused-ring (bicyclic) bond motifs is 2. The van der Waals surface area contributed by atoms with Crippen LogP contribution in [0.5, 0.6) is 5.88 Å². The number of pyridine rings is 1. The molecular formula is C23H26ClN7O. The fourth-order valence-electron chi connectivity index (χ4n) is 4.16. The van der Waals surface area contributed by atoms with Gasteiger partial charge in [-0.2, -0.15) is 0 Å². The Balaban J connectivity index is 1.43. The van der Waals surface area contributed by atoms with E-state index >= 15 is 0 Å². The summed E-state index contributed by atoms with van der Waals surface area (Å²) in [6, 6.07) is 7.80. The number of anilines is 1. The minimum atomic E-state index is -0.120. The summed E-state index contributed by atoms with van der Waals surface area (Å²) < 4.78 is 6.29. The van der Waals surface area contributed by atoms with Crippen molar-refractivity contribution in [2.75, 3.05) is 32.1 Å². The number of rotatable bonds is 6. The van der Waals surface area contributed by atoms with Gasteiger partial charge in [-0.15, -0.1) is 0 Å². The molecule has 1 unspecified atom stereocenters. The van der Waals surface area contributed by atoms with Gasteiger partial charge in [0.05, 0.1) is 35.1 Å². The fraction of sp³-hybridized carbons (Fsp3) is 0.391. The number of likely N-dealkylation sites (tertiary alicyclic amines) is 1. The van der Waals surface area contributed by atoms with Crippen LogP contribution in [0.2, 0.25) is 5.02 Å². The van der Waals surface area contributed by atoms with Gasteiger partial charge in [0.15, 0.2) is 11.5 Å². The zero-order valence-electron chi connectivity index (χ0n) is 18.2. The number of hydrogen-bond donors (Lipinski definition) is 2. The predicted octanol–water partition coefficient (Wildman–Crippen LogP) is 4.45. The molecule has 1 atom stereocenters. The monoisotopic (exact) mass is 451 g/mol. The second-order valence-corrected chi connectivity index (χ2v) is 8.84. The smallest absolute Gasteiger partial charge is 0.223 e. The Morgan fingerprint density at radius 1 is 1.25 bits per heavy atom. The number of piperidine rings is 1. The first-order chi connectivity index (χ1) is 15.6. The Hall–Kier alpha value is -2.97. The summed E-state index contributed by atoms with van der Waals surface area (Å²) in [4.78, 5) is 23.1. The van der Waals surface area contributed by atoms with Gasteiger partial charge in [-0.05, 0) is 63.3 Å². The first-order valence-electron chi connectivity index (χ1n) is 10.9. The number of benzene rings is 1. The molecule has 0 spiro atoms. The molecule has 2 N–H and O–H groups in total. The number of nitrogens with zero attached hydrogens (tertiary/aromatic N) is 5. The van der Waals surface area contributed by atoms with Crippen molar-refractivity contribution in [1.82, 2.24) is 29.8 Å². The highest BCUT2D eigenvalue weighted by Gasteiger charge is 2.20. The molecule has 3 aromatic heterocycles. The highest BCUT2D eigenvalue weighted by molar-refractivity contribution is 6.36. The van der Waals surface area contributed by atoms with E-state index in [9.17, 15) is 0 Å². The summed E-state index contributed by atoms with van der Waals surface area (Å²) in [5, 5.41) is 5.93. The number of imidazole rings is 1. The molecule has 4 heterocycles. The van der Waals surface area contributed by atoms with Gasteiger partial charge in [0.2, 0.25) is 5.88 Å². The number of hydrogen-bond acceptors (Lipinski definition) is 7. The molecule has 5 rings (SSSR count). The van der Waals surface area contributed by atoms with Crippen LogP contribution in [0.4, 0.5) is 5.82 Å². The van der Waals surface area contributed by atoms with Crippen LogP contribution in [0.1, 0.15) is 31.5 Å². The van der Waals surface area contributed by atoms with Crippen molar-refractivity contribution in [3.05, 3.63) is 47.6 Å². The lowest BCUT2D eigenvalue weighted by Gasteiger charge is -2.28. The maximum atomic E-state index is 6.55. The Bertz CT molecular complexity index is 1240. The fourth-order valence-corrected chi connectivity index (χ4v) is 4.42. The molecule has 9 heteroatoms. The van der Waals surface area contributed by atoms with Crippen LogP contribution in [0.25, 0.3) is 21.9 Å². The van der Waals surface area contributed by atoms with E-state index in [1.54, 1.807) is 6.33 Å². The number of H-pyrrole nitrogens is 1. The van der Waals surface area contributed by atoms with E-state index in [2.05, 4.69) is 37.2 Å².